The van der Waals surface area contributed by atoms with Gasteiger partial charge in [0.05, 0.1) is 10.0 Å². The summed E-state index contributed by atoms with van der Waals surface area (Å²) in [6.45, 7) is 2.60. The van der Waals surface area contributed by atoms with Crippen molar-refractivity contribution in [1.82, 2.24) is 4.98 Å². The minimum absolute atomic E-state index is 0.387. The summed E-state index contributed by atoms with van der Waals surface area (Å²) in [5.41, 5.74) is 1.78. The predicted molar refractivity (Wildman–Crippen MR) is 75.6 cm³/mol. The van der Waals surface area contributed by atoms with Crippen LogP contribution in [0.25, 0.3) is 0 Å². The van der Waals surface area contributed by atoms with Gasteiger partial charge in [-0.1, -0.05) is 34.8 Å². The molecule has 0 bridgehead atoms. The average molecular weight is 308 g/mol. The summed E-state index contributed by atoms with van der Waals surface area (Å²) in [4.78, 5) is 5.14. The third-order valence-electron chi connectivity index (χ3n) is 2.21. The number of thiophene rings is 1. The second-order valence-corrected chi connectivity index (χ2v) is 6.03. The number of hydrogen-bond acceptors (Lipinski definition) is 3. The van der Waals surface area contributed by atoms with Crippen molar-refractivity contribution >= 4 is 51.8 Å². The maximum atomic E-state index is 6.03. The second-order valence-electron chi connectivity index (χ2n) is 3.49. The van der Waals surface area contributed by atoms with Gasteiger partial charge in [-0.25, -0.2) is 4.98 Å². The monoisotopic (exact) mass is 306 g/mol. The Morgan fingerprint density at radius 3 is 2.65 bits per heavy atom. The molecular weight excluding hydrogens is 299 g/mol. The Balaban J connectivity index is 2.14. The molecule has 0 amide bonds. The van der Waals surface area contributed by atoms with Crippen molar-refractivity contribution < 1.29 is 0 Å². The number of nitrogens with one attached hydrogen (secondary N) is 1. The van der Waals surface area contributed by atoms with Gasteiger partial charge in [0.15, 0.2) is 5.15 Å². The number of halogens is 3. The van der Waals surface area contributed by atoms with Gasteiger partial charge in [-0.15, -0.1) is 11.3 Å². The molecule has 0 aliphatic heterocycles. The molecule has 0 saturated heterocycles. The van der Waals surface area contributed by atoms with Gasteiger partial charge in [0, 0.05) is 11.4 Å². The van der Waals surface area contributed by atoms with E-state index in [0.29, 0.717) is 16.9 Å². The Bertz CT molecular complexity index is 516. The predicted octanol–water partition coefficient (Wildman–Crippen LogP) is 5.02. The standard InChI is InChI=1S/C11H9Cl3N2S/c1-6-4-8(12)16-11(14)10(6)15-5-7-2-3-9(13)17-7/h2-4,15H,5H2,1H3. The zero-order valence-corrected chi connectivity index (χ0v) is 12.0. The quantitative estimate of drug-likeness (QED) is 0.805. The van der Waals surface area contributed by atoms with E-state index in [4.69, 9.17) is 34.8 Å². The number of hydrogen-bond donors (Lipinski definition) is 1. The van der Waals surface area contributed by atoms with Gasteiger partial charge in [0.2, 0.25) is 0 Å². The van der Waals surface area contributed by atoms with Crippen molar-refractivity contribution in [2.45, 2.75) is 13.5 Å². The molecule has 1 N–H and O–H groups in total. The van der Waals surface area contributed by atoms with E-state index in [-0.39, 0.29) is 0 Å². The van der Waals surface area contributed by atoms with Crippen LogP contribution in [0.3, 0.4) is 0 Å². The molecule has 2 rings (SSSR count). The van der Waals surface area contributed by atoms with Crippen LogP contribution in [-0.2, 0) is 6.54 Å². The molecule has 2 nitrogen and oxygen atoms in total. The van der Waals surface area contributed by atoms with Crippen LogP contribution >= 0.6 is 46.1 Å². The fourth-order valence-corrected chi connectivity index (χ4v) is 3.06. The topological polar surface area (TPSA) is 24.9 Å². The van der Waals surface area contributed by atoms with E-state index in [1.54, 1.807) is 6.07 Å². The first-order valence-corrected chi connectivity index (χ1v) is 6.82. The lowest BCUT2D eigenvalue weighted by atomic mass is 10.2. The molecule has 0 aromatic carbocycles. The highest BCUT2D eigenvalue weighted by Crippen LogP contribution is 2.28. The second kappa shape index (κ2) is 5.44. The highest BCUT2D eigenvalue weighted by Gasteiger charge is 2.07. The zero-order chi connectivity index (χ0) is 12.4. The molecule has 0 spiro atoms. The van der Waals surface area contributed by atoms with E-state index in [0.717, 1.165) is 20.5 Å². The molecule has 6 heteroatoms. The molecular formula is C11H9Cl3N2S. The van der Waals surface area contributed by atoms with Crippen LogP contribution in [-0.4, -0.2) is 4.98 Å². The number of nitrogens with zero attached hydrogens (tertiary/aromatic N) is 1. The number of anilines is 1. The third-order valence-corrected chi connectivity index (χ3v) is 3.91. The summed E-state index contributed by atoms with van der Waals surface area (Å²) in [6, 6.07) is 5.63. The summed E-state index contributed by atoms with van der Waals surface area (Å²) in [5, 5.41) is 4.02. The number of aromatic nitrogens is 1. The first-order chi connectivity index (χ1) is 8.06. The molecule has 2 heterocycles. The molecule has 2 aromatic heterocycles. The van der Waals surface area contributed by atoms with Crippen LogP contribution in [0.15, 0.2) is 18.2 Å². The Labute approximate surface area is 119 Å². The van der Waals surface area contributed by atoms with Crippen molar-refractivity contribution in [2.75, 3.05) is 5.32 Å². The van der Waals surface area contributed by atoms with E-state index in [1.807, 2.05) is 19.1 Å². The van der Waals surface area contributed by atoms with Gasteiger partial charge in [-0.2, -0.15) is 0 Å². The Morgan fingerprint density at radius 1 is 1.29 bits per heavy atom. The molecule has 0 saturated carbocycles. The van der Waals surface area contributed by atoms with E-state index >= 15 is 0 Å². The van der Waals surface area contributed by atoms with Crippen LogP contribution in [0, 0.1) is 6.92 Å². The van der Waals surface area contributed by atoms with Crippen molar-refractivity contribution in [2.24, 2.45) is 0 Å². The Morgan fingerprint density at radius 2 is 2.06 bits per heavy atom. The van der Waals surface area contributed by atoms with Crippen LogP contribution in [0.1, 0.15) is 10.4 Å². The van der Waals surface area contributed by atoms with E-state index < -0.39 is 0 Å². The zero-order valence-electron chi connectivity index (χ0n) is 8.93. The SMILES string of the molecule is Cc1cc(Cl)nc(Cl)c1NCc1ccc(Cl)s1. The Kier molecular flexibility index (Phi) is 4.15. The lowest BCUT2D eigenvalue weighted by molar-refractivity contribution is 1.16. The van der Waals surface area contributed by atoms with Crippen molar-refractivity contribution in [1.29, 1.82) is 0 Å². The number of aryl methyl sites for hydroxylation is 1. The first-order valence-electron chi connectivity index (χ1n) is 4.87. The van der Waals surface area contributed by atoms with Crippen LogP contribution in [0.2, 0.25) is 14.6 Å². The molecule has 0 unspecified atom stereocenters. The number of rotatable bonds is 3. The summed E-state index contributed by atoms with van der Waals surface area (Å²) >= 11 is 19.2. The minimum atomic E-state index is 0.387. The van der Waals surface area contributed by atoms with Gasteiger partial charge in [-0.3, -0.25) is 0 Å². The first kappa shape index (κ1) is 13.0. The summed E-state index contributed by atoms with van der Waals surface area (Å²) in [7, 11) is 0. The molecule has 0 fully saturated rings. The van der Waals surface area contributed by atoms with Crippen molar-refractivity contribution in [3.8, 4) is 0 Å². The van der Waals surface area contributed by atoms with Gasteiger partial charge in [0.1, 0.15) is 5.15 Å². The molecule has 2 aromatic rings. The van der Waals surface area contributed by atoms with Crippen LogP contribution in [0.5, 0.6) is 0 Å². The van der Waals surface area contributed by atoms with Crippen LogP contribution < -0.4 is 5.32 Å². The molecule has 0 atom stereocenters. The molecule has 90 valence electrons. The van der Waals surface area contributed by atoms with Crippen LogP contribution in [0.4, 0.5) is 5.69 Å². The Hall–Kier alpha value is -0.480. The largest absolute Gasteiger partial charge is 0.377 e. The average Bonchev–Trinajstić information content (AvgIpc) is 2.62. The number of pyridine rings is 1. The van der Waals surface area contributed by atoms with E-state index in [1.165, 1.54) is 11.3 Å². The van der Waals surface area contributed by atoms with E-state index in [9.17, 15) is 0 Å². The summed E-state index contributed by atoms with van der Waals surface area (Å²) in [5.74, 6) is 0. The highest BCUT2D eigenvalue weighted by molar-refractivity contribution is 7.16. The fourth-order valence-electron chi connectivity index (χ4n) is 1.43. The lowest BCUT2D eigenvalue weighted by Crippen LogP contribution is -2.01. The summed E-state index contributed by atoms with van der Waals surface area (Å²) in [6.07, 6.45) is 0. The van der Waals surface area contributed by atoms with Crippen molar-refractivity contribution in [3.05, 3.63) is 43.3 Å². The molecule has 0 radical (unpaired) electrons. The highest BCUT2D eigenvalue weighted by atomic mass is 35.5. The van der Waals surface area contributed by atoms with E-state index in [2.05, 4.69) is 10.3 Å². The molecule has 0 aliphatic carbocycles. The van der Waals surface area contributed by atoms with Gasteiger partial charge >= 0.3 is 0 Å². The fraction of sp³-hybridized carbons (Fsp3) is 0.182. The molecule has 0 aliphatic rings. The maximum Gasteiger partial charge on any atom is 0.154 e. The normalized spacial score (nSPS) is 10.6. The van der Waals surface area contributed by atoms with Gasteiger partial charge in [-0.05, 0) is 30.7 Å². The van der Waals surface area contributed by atoms with Crippen molar-refractivity contribution in [3.63, 3.8) is 0 Å². The maximum absolute atomic E-state index is 6.03. The van der Waals surface area contributed by atoms with Gasteiger partial charge < -0.3 is 5.32 Å². The smallest absolute Gasteiger partial charge is 0.154 e. The summed E-state index contributed by atoms with van der Waals surface area (Å²) < 4.78 is 0.777. The third kappa shape index (κ3) is 3.26. The van der Waals surface area contributed by atoms with Gasteiger partial charge in [0.25, 0.3) is 0 Å². The lowest BCUT2D eigenvalue weighted by Gasteiger charge is -2.10. The molecule has 17 heavy (non-hydrogen) atoms. The minimum Gasteiger partial charge on any atom is -0.377 e.